The number of nitrogens with zero attached hydrogens (tertiary/aromatic N) is 1. The monoisotopic (exact) mass is 360 g/mol. The molecule has 2 heterocycles. The Morgan fingerprint density at radius 1 is 1.35 bits per heavy atom. The number of rotatable bonds is 2. The van der Waals surface area contributed by atoms with Crippen molar-refractivity contribution in [1.29, 1.82) is 0 Å². The van der Waals surface area contributed by atoms with Crippen LogP contribution in [0.5, 0.6) is 5.88 Å². The number of hydrogen-bond acceptors (Lipinski definition) is 4. The maximum absolute atomic E-state index is 13.7. The van der Waals surface area contributed by atoms with Crippen molar-refractivity contribution in [2.75, 3.05) is 0 Å². The average Bonchev–Trinajstić information content (AvgIpc) is 3.05. The second kappa shape index (κ2) is 6.62. The summed E-state index contributed by atoms with van der Waals surface area (Å²) >= 11 is 6.81. The summed E-state index contributed by atoms with van der Waals surface area (Å²) in [5, 5.41) is 13.8. The zero-order valence-electron chi connectivity index (χ0n) is 11.8. The molecule has 0 aliphatic heterocycles. The molecule has 112 valence electrons. The topological polar surface area (TPSA) is 88.2 Å². The second-order valence-electron chi connectivity index (χ2n) is 4.44. The third kappa shape index (κ3) is 2.90. The summed E-state index contributed by atoms with van der Waals surface area (Å²) in [6, 6.07) is 4.17. The van der Waals surface area contributed by atoms with Gasteiger partial charge in [-0.1, -0.05) is 17.7 Å². The molecule has 23 heavy (non-hydrogen) atoms. The molecule has 3 aromatic rings. The van der Waals surface area contributed by atoms with Crippen LogP contribution in [0, 0.1) is 5.82 Å². The fraction of sp³-hybridized carbons (Fsp3) is 0. The van der Waals surface area contributed by atoms with Crippen LogP contribution >= 0.6 is 22.9 Å². The molecule has 1 amide bonds. The maximum atomic E-state index is 13.7. The Labute approximate surface area is 160 Å². The predicted octanol–water partition coefficient (Wildman–Crippen LogP) is -0.269. The van der Waals surface area contributed by atoms with Gasteiger partial charge < -0.3 is 10.8 Å². The first-order valence-electron chi connectivity index (χ1n) is 6.00. The fourth-order valence-corrected chi connectivity index (χ4v) is 3.06. The van der Waals surface area contributed by atoms with E-state index in [-0.39, 0.29) is 51.0 Å². The summed E-state index contributed by atoms with van der Waals surface area (Å²) in [5.74, 6) is -2.27. The van der Waals surface area contributed by atoms with E-state index in [0.717, 1.165) is 23.5 Å². The van der Waals surface area contributed by atoms with Gasteiger partial charge in [0.1, 0.15) is 5.82 Å². The van der Waals surface area contributed by atoms with Crippen LogP contribution in [0.1, 0.15) is 15.2 Å². The van der Waals surface area contributed by atoms with Crippen LogP contribution in [0.25, 0.3) is 10.9 Å². The molecule has 9 heteroatoms. The number of benzene rings is 1. The van der Waals surface area contributed by atoms with Crippen molar-refractivity contribution in [2.45, 2.75) is 0 Å². The number of aromatic nitrogens is 1. The number of halogens is 2. The van der Waals surface area contributed by atoms with Crippen LogP contribution in [-0.4, -0.2) is 16.4 Å². The Kier molecular flexibility index (Phi) is 5.17. The maximum Gasteiger partial charge on any atom is 1.00 e. The van der Waals surface area contributed by atoms with Crippen LogP contribution in [0.4, 0.5) is 9.18 Å². The molecule has 0 aliphatic carbocycles. The third-order valence-electron chi connectivity index (χ3n) is 3.16. The molecule has 0 saturated carbocycles. The van der Waals surface area contributed by atoms with Crippen molar-refractivity contribution in [1.82, 2.24) is 4.57 Å². The van der Waals surface area contributed by atoms with Crippen molar-refractivity contribution >= 4 is 45.7 Å². The van der Waals surface area contributed by atoms with E-state index >= 15 is 0 Å². The molecule has 0 unspecified atom stereocenters. The minimum absolute atomic E-state index is 0. The van der Waals surface area contributed by atoms with E-state index in [0.29, 0.717) is 9.44 Å². The molecule has 3 rings (SSSR count). The van der Waals surface area contributed by atoms with Gasteiger partial charge in [0.05, 0.1) is 15.4 Å². The number of hydrogen-bond donors (Lipinski definition) is 1. The molecule has 0 saturated heterocycles. The van der Waals surface area contributed by atoms with E-state index in [1.54, 1.807) is 11.4 Å². The van der Waals surface area contributed by atoms with Crippen LogP contribution in [0.15, 0.2) is 29.6 Å². The smallest absolute Gasteiger partial charge is 0.859 e. The van der Waals surface area contributed by atoms with Gasteiger partial charge in [-0.05, 0) is 29.5 Å². The van der Waals surface area contributed by atoms with Crippen LogP contribution in [0.3, 0.4) is 0 Å². The Morgan fingerprint density at radius 3 is 2.61 bits per heavy atom. The molecule has 1 aromatic carbocycles. The van der Waals surface area contributed by atoms with Crippen LogP contribution in [0.2, 0.25) is 5.02 Å². The Morgan fingerprint density at radius 2 is 2.04 bits per heavy atom. The van der Waals surface area contributed by atoms with E-state index in [4.69, 9.17) is 17.3 Å². The van der Waals surface area contributed by atoms with Crippen LogP contribution < -0.4 is 40.4 Å². The number of carbonyl (C=O) groups is 2. The molecular weight excluding hydrogens is 354 g/mol. The quantitative estimate of drug-likeness (QED) is 0.504. The number of primary amides is 1. The summed E-state index contributed by atoms with van der Waals surface area (Å²) in [6.07, 6.45) is 0. The summed E-state index contributed by atoms with van der Waals surface area (Å²) < 4.78 is 14.3. The first-order chi connectivity index (χ1) is 10.4. The van der Waals surface area contributed by atoms with Crippen molar-refractivity contribution in [3.63, 3.8) is 0 Å². The largest absolute Gasteiger partial charge is 1.00 e. The molecule has 0 atom stereocenters. The van der Waals surface area contributed by atoms with Crippen LogP contribution in [-0.2, 0) is 0 Å². The summed E-state index contributed by atoms with van der Waals surface area (Å²) in [5.41, 5.74) is 4.88. The fourth-order valence-electron chi connectivity index (χ4n) is 2.23. The van der Waals surface area contributed by atoms with E-state index in [1.807, 2.05) is 0 Å². The zero-order valence-corrected chi connectivity index (χ0v) is 15.4. The predicted molar refractivity (Wildman–Crippen MR) is 79.1 cm³/mol. The molecule has 0 aliphatic rings. The number of carbonyl (C=O) groups excluding carboxylic acids is 2. The Balaban J connectivity index is 0.00000192. The molecule has 2 N–H and O–H groups in total. The summed E-state index contributed by atoms with van der Waals surface area (Å²) in [6.45, 7) is 0. The molecule has 0 fully saturated rings. The van der Waals surface area contributed by atoms with Gasteiger partial charge in [0, 0.05) is 10.9 Å². The van der Waals surface area contributed by atoms with Gasteiger partial charge in [-0.3, -0.25) is 9.36 Å². The van der Waals surface area contributed by atoms with Gasteiger partial charge in [0.25, 0.3) is 0 Å². The van der Waals surface area contributed by atoms with Gasteiger partial charge in [-0.25, -0.2) is 9.18 Å². The van der Waals surface area contributed by atoms with Crippen molar-refractivity contribution in [2.24, 2.45) is 5.73 Å². The van der Waals surface area contributed by atoms with Gasteiger partial charge in [0.15, 0.2) is 0 Å². The third-order valence-corrected chi connectivity index (χ3v) is 4.32. The summed E-state index contributed by atoms with van der Waals surface area (Å²) in [4.78, 5) is 24.3. The van der Waals surface area contributed by atoms with Gasteiger partial charge in [0.2, 0.25) is 5.78 Å². The van der Waals surface area contributed by atoms with Gasteiger partial charge in [-0.2, -0.15) is 0 Å². The molecule has 5 nitrogen and oxygen atoms in total. The van der Waals surface area contributed by atoms with Gasteiger partial charge in [-0.15, -0.1) is 11.3 Å². The minimum atomic E-state index is -1.07. The van der Waals surface area contributed by atoms with Gasteiger partial charge >= 0.3 is 35.6 Å². The average molecular weight is 361 g/mol. The number of nitrogens with two attached hydrogens (primary N) is 1. The zero-order chi connectivity index (χ0) is 16.0. The Hall–Kier alpha value is -1.38. The normalized spacial score (nSPS) is 10.5. The minimum Gasteiger partial charge on any atom is -0.859 e. The van der Waals surface area contributed by atoms with E-state index in [1.165, 1.54) is 6.07 Å². The second-order valence-corrected chi connectivity index (χ2v) is 5.80. The molecule has 0 radical (unpaired) electrons. The van der Waals surface area contributed by atoms with Crippen molar-refractivity contribution in [3.05, 3.63) is 50.9 Å². The number of thiophene rings is 1. The number of amides is 1. The first-order valence-corrected chi connectivity index (χ1v) is 7.26. The SMILES string of the molecule is NC(=O)n1c([O-])c(C(=O)c2cccs2)c2cc(F)c(Cl)cc21.[Na+]. The van der Waals surface area contributed by atoms with Crippen molar-refractivity contribution in [3.8, 4) is 5.88 Å². The number of fused-ring (bicyclic) bond motifs is 1. The van der Waals surface area contributed by atoms with E-state index in [9.17, 15) is 19.1 Å². The first kappa shape index (κ1) is 18.0. The van der Waals surface area contributed by atoms with E-state index in [2.05, 4.69) is 0 Å². The molecular formula is C14H7ClFN2NaO3S. The molecule has 2 aromatic heterocycles. The standard InChI is InChI=1S/C14H8ClFN2O3S.Na/c15-7-5-9-6(4-8(7)16)11(13(20)18(9)14(17)21)12(19)10-2-1-3-22-10;/h1-5,20H,(H2,17,21);/q;+1/p-1. The number of ketones is 1. The van der Waals surface area contributed by atoms with Crippen molar-refractivity contribution < 1.29 is 48.6 Å². The summed E-state index contributed by atoms with van der Waals surface area (Å²) in [7, 11) is 0. The Bertz CT molecular complexity index is 924. The van der Waals surface area contributed by atoms with E-state index < -0.39 is 23.5 Å². The molecule has 0 spiro atoms. The molecule has 0 bridgehead atoms.